The van der Waals surface area contributed by atoms with Crippen LogP contribution in [0.4, 0.5) is 10.8 Å². The van der Waals surface area contributed by atoms with Crippen molar-refractivity contribution >= 4 is 39.7 Å². The van der Waals surface area contributed by atoms with Gasteiger partial charge in [-0.15, -0.1) is 11.3 Å². The number of hydrogen-bond acceptors (Lipinski definition) is 4. The molecular formula is C13H14ClN3OS. The monoisotopic (exact) mass is 295 g/mol. The molecule has 0 unspecified atom stereocenters. The van der Waals surface area contributed by atoms with Crippen LogP contribution in [-0.2, 0) is 4.79 Å². The molecule has 1 heterocycles. The largest absolute Gasteiger partial charge is 0.374 e. The molecule has 0 radical (unpaired) electrons. The van der Waals surface area contributed by atoms with Crippen molar-refractivity contribution in [1.82, 2.24) is 4.98 Å². The van der Waals surface area contributed by atoms with Crippen molar-refractivity contribution in [3.63, 3.8) is 0 Å². The van der Waals surface area contributed by atoms with Crippen molar-refractivity contribution in [1.29, 1.82) is 0 Å². The number of thiazole rings is 1. The Labute approximate surface area is 120 Å². The van der Waals surface area contributed by atoms with Gasteiger partial charge in [0, 0.05) is 22.3 Å². The Morgan fingerprint density at radius 2 is 2.26 bits per heavy atom. The highest BCUT2D eigenvalue weighted by Gasteiger charge is 2.14. The third-order valence-electron chi connectivity index (χ3n) is 2.63. The Bertz CT molecular complexity index is 571. The number of aryl methyl sites for hydroxylation is 1. The minimum Gasteiger partial charge on any atom is -0.374 e. The van der Waals surface area contributed by atoms with Crippen molar-refractivity contribution in [2.75, 3.05) is 10.6 Å². The van der Waals surface area contributed by atoms with Crippen LogP contribution in [0.2, 0.25) is 5.02 Å². The molecule has 2 aromatic rings. The lowest BCUT2D eigenvalue weighted by Gasteiger charge is -2.16. The van der Waals surface area contributed by atoms with Crippen LogP contribution in [0.5, 0.6) is 0 Å². The number of carbonyl (C=O) groups excluding carboxylic acids is 1. The van der Waals surface area contributed by atoms with Crippen LogP contribution in [0.3, 0.4) is 0 Å². The summed E-state index contributed by atoms with van der Waals surface area (Å²) >= 11 is 7.33. The van der Waals surface area contributed by atoms with E-state index in [0.717, 1.165) is 11.3 Å². The summed E-state index contributed by atoms with van der Waals surface area (Å²) in [6, 6.07) is 5.17. The molecule has 1 aromatic carbocycles. The molecule has 100 valence electrons. The maximum absolute atomic E-state index is 12.0. The number of rotatable bonds is 4. The molecule has 1 aromatic heterocycles. The number of nitrogens with zero attached hydrogens (tertiary/aromatic N) is 1. The van der Waals surface area contributed by atoms with Gasteiger partial charge < -0.3 is 10.6 Å². The average Bonchev–Trinajstić information content (AvgIpc) is 2.86. The molecule has 1 amide bonds. The maximum atomic E-state index is 12.0. The zero-order valence-electron chi connectivity index (χ0n) is 10.6. The fourth-order valence-corrected chi connectivity index (χ4v) is 2.25. The van der Waals surface area contributed by atoms with Gasteiger partial charge in [0.2, 0.25) is 5.91 Å². The Morgan fingerprint density at radius 1 is 1.47 bits per heavy atom. The van der Waals surface area contributed by atoms with Crippen LogP contribution in [-0.4, -0.2) is 16.9 Å². The SMILES string of the molecule is Cc1ccc(Cl)cc1N[C@@H](C)C(=O)Nc1nccs1. The van der Waals surface area contributed by atoms with E-state index in [9.17, 15) is 4.79 Å². The van der Waals surface area contributed by atoms with Crippen molar-refractivity contribution < 1.29 is 4.79 Å². The molecule has 2 N–H and O–H groups in total. The normalized spacial score (nSPS) is 11.9. The number of carbonyl (C=O) groups is 1. The molecule has 0 bridgehead atoms. The smallest absolute Gasteiger partial charge is 0.248 e. The summed E-state index contributed by atoms with van der Waals surface area (Å²) in [6.07, 6.45) is 1.65. The topological polar surface area (TPSA) is 54.0 Å². The van der Waals surface area contributed by atoms with Crippen molar-refractivity contribution in [2.45, 2.75) is 19.9 Å². The van der Waals surface area contributed by atoms with Crippen molar-refractivity contribution in [3.8, 4) is 0 Å². The molecule has 0 aliphatic rings. The summed E-state index contributed by atoms with van der Waals surface area (Å²) in [4.78, 5) is 16.0. The summed E-state index contributed by atoms with van der Waals surface area (Å²) in [5.74, 6) is -0.130. The Kier molecular flexibility index (Phi) is 4.39. The predicted octanol–water partition coefficient (Wildman–Crippen LogP) is 3.54. The lowest BCUT2D eigenvalue weighted by atomic mass is 10.2. The quantitative estimate of drug-likeness (QED) is 0.907. The van der Waals surface area contributed by atoms with Crippen molar-refractivity contribution in [3.05, 3.63) is 40.4 Å². The number of hydrogen-bond donors (Lipinski definition) is 2. The van der Waals surface area contributed by atoms with E-state index < -0.39 is 0 Å². The molecule has 0 fully saturated rings. The molecule has 4 nitrogen and oxygen atoms in total. The van der Waals surface area contributed by atoms with Crippen LogP contribution in [0.1, 0.15) is 12.5 Å². The second-order valence-electron chi connectivity index (χ2n) is 4.15. The van der Waals surface area contributed by atoms with E-state index >= 15 is 0 Å². The Balaban J connectivity index is 2.02. The summed E-state index contributed by atoms with van der Waals surface area (Å²) in [5, 5.41) is 8.94. The number of anilines is 2. The Morgan fingerprint density at radius 3 is 2.95 bits per heavy atom. The highest BCUT2D eigenvalue weighted by molar-refractivity contribution is 7.13. The van der Waals surface area contributed by atoms with Gasteiger partial charge in [-0.2, -0.15) is 0 Å². The summed E-state index contributed by atoms with van der Waals surface area (Å²) in [6.45, 7) is 3.76. The van der Waals surface area contributed by atoms with Gasteiger partial charge in [0.1, 0.15) is 6.04 Å². The van der Waals surface area contributed by atoms with Gasteiger partial charge in [-0.05, 0) is 31.5 Å². The van der Waals surface area contributed by atoms with E-state index in [1.807, 2.05) is 30.5 Å². The highest BCUT2D eigenvalue weighted by atomic mass is 35.5. The highest BCUT2D eigenvalue weighted by Crippen LogP contribution is 2.21. The first-order valence-electron chi connectivity index (χ1n) is 5.79. The standard InChI is InChI=1S/C13H14ClN3OS/c1-8-3-4-10(14)7-11(8)16-9(2)12(18)17-13-15-5-6-19-13/h3-7,9,16H,1-2H3,(H,15,17,18)/t9-/m0/s1. The van der Waals surface area contributed by atoms with Crippen molar-refractivity contribution in [2.24, 2.45) is 0 Å². The second-order valence-corrected chi connectivity index (χ2v) is 5.48. The molecule has 2 rings (SSSR count). The molecular weight excluding hydrogens is 282 g/mol. The van der Waals surface area contributed by atoms with Crippen LogP contribution < -0.4 is 10.6 Å². The molecule has 0 spiro atoms. The van der Waals surface area contributed by atoms with Crippen LogP contribution in [0, 0.1) is 6.92 Å². The minimum atomic E-state index is -0.374. The van der Waals surface area contributed by atoms with Gasteiger partial charge in [-0.25, -0.2) is 4.98 Å². The Hall–Kier alpha value is -1.59. The van der Waals surface area contributed by atoms with Gasteiger partial charge in [0.25, 0.3) is 0 Å². The third-order valence-corrected chi connectivity index (χ3v) is 3.55. The van der Waals surface area contributed by atoms with Gasteiger partial charge in [0.05, 0.1) is 0 Å². The number of aromatic nitrogens is 1. The van der Waals surface area contributed by atoms with Gasteiger partial charge in [-0.1, -0.05) is 17.7 Å². The fourth-order valence-electron chi connectivity index (χ4n) is 1.55. The predicted molar refractivity (Wildman–Crippen MR) is 80.0 cm³/mol. The first kappa shape index (κ1) is 13.8. The summed E-state index contributed by atoms with van der Waals surface area (Å²) in [7, 11) is 0. The van der Waals surface area contributed by atoms with Crippen LogP contribution in [0.25, 0.3) is 0 Å². The van der Waals surface area contributed by atoms with Crippen LogP contribution in [0.15, 0.2) is 29.8 Å². The van der Waals surface area contributed by atoms with E-state index in [1.165, 1.54) is 11.3 Å². The number of halogens is 1. The molecule has 0 aliphatic carbocycles. The lowest BCUT2D eigenvalue weighted by Crippen LogP contribution is -2.32. The van der Waals surface area contributed by atoms with Gasteiger partial charge >= 0.3 is 0 Å². The summed E-state index contributed by atoms with van der Waals surface area (Å²) in [5.41, 5.74) is 1.90. The second kappa shape index (κ2) is 6.04. The van der Waals surface area contributed by atoms with Crippen LogP contribution >= 0.6 is 22.9 Å². The first-order valence-corrected chi connectivity index (χ1v) is 7.05. The number of benzene rings is 1. The number of nitrogens with one attached hydrogen (secondary N) is 2. The van der Waals surface area contributed by atoms with Gasteiger partial charge in [0.15, 0.2) is 5.13 Å². The molecule has 0 saturated heterocycles. The third kappa shape index (κ3) is 3.68. The fraction of sp³-hybridized carbons (Fsp3) is 0.231. The lowest BCUT2D eigenvalue weighted by molar-refractivity contribution is -0.116. The molecule has 6 heteroatoms. The van der Waals surface area contributed by atoms with E-state index in [0.29, 0.717) is 10.2 Å². The zero-order valence-corrected chi connectivity index (χ0v) is 12.2. The first-order chi connectivity index (χ1) is 9.06. The summed E-state index contributed by atoms with van der Waals surface area (Å²) < 4.78 is 0. The van der Waals surface area contributed by atoms with E-state index in [2.05, 4.69) is 15.6 Å². The van der Waals surface area contributed by atoms with E-state index in [-0.39, 0.29) is 11.9 Å². The molecule has 0 saturated carbocycles. The maximum Gasteiger partial charge on any atom is 0.248 e. The minimum absolute atomic E-state index is 0.130. The van der Waals surface area contributed by atoms with E-state index in [4.69, 9.17) is 11.6 Å². The van der Waals surface area contributed by atoms with E-state index in [1.54, 1.807) is 13.1 Å². The zero-order chi connectivity index (χ0) is 13.8. The molecule has 1 atom stereocenters. The molecule has 0 aliphatic heterocycles. The average molecular weight is 296 g/mol. The molecule has 19 heavy (non-hydrogen) atoms. The van der Waals surface area contributed by atoms with Gasteiger partial charge in [-0.3, -0.25) is 4.79 Å². The number of amides is 1.